The molecule has 24 heavy (non-hydrogen) atoms. The molecular weight excluding hydrogens is 324 g/mol. The molecular formula is C19H20O4S. The maximum atomic E-state index is 13.1. The molecule has 126 valence electrons. The van der Waals surface area contributed by atoms with Crippen LogP contribution in [0, 0.1) is 0 Å². The molecule has 4 nitrogen and oxygen atoms in total. The van der Waals surface area contributed by atoms with Gasteiger partial charge in [0.2, 0.25) is 11.6 Å². The third-order valence-corrected chi connectivity index (χ3v) is 4.45. The summed E-state index contributed by atoms with van der Waals surface area (Å²) in [6.07, 6.45) is -0.635. The molecule has 0 atom stereocenters. The van der Waals surface area contributed by atoms with Gasteiger partial charge in [0.05, 0.1) is 12.2 Å². The van der Waals surface area contributed by atoms with Crippen LogP contribution < -0.4 is 0 Å². The molecule has 1 aliphatic carbocycles. The molecule has 1 aromatic carbocycles. The van der Waals surface area contributed by atoms with Gasteiger partial charge in [-0.1, -0.05) is 6.07 Å². The summed E-state index contributed by atoms with van der Waals surface area (Å²) < 4.78 is 11.5. The van der Waals surface area contributed by atoms with Crippen LogP contribution in [0.5, 0.6) is 0 Å². The Bertz CT molecular complexity index is 765. The molecule has 1 aromatic heterocycles. The smallest absolute Gasteiger partial charge is 0.300 e. The van der Waals surface area contributed by atoms with Crippen molar-refractivity contribution in [2.45, 2.75) is 45.7 Å². The van der Waals surface area contributed by atoms with E-state index < -0.39 is 17.4 Å². The van der Waals surface area contributed by atoms with E-state index in [0.29, 0.717) is 11.1 Å². The average molecular weight is 344 g/mol. The summed E-state index contributed by atoms with van der Waals surface area (Å²) in [5.41, 5.74) is 2.65. The molecule has 3 rings (SSSR count). The molecule has 0 saturated carbocycles. The topological polar surface area (TPSA) is 52.6 Å². The largest absolute Gasteiger partial charge is 0.334 e. The van der Waals surface area contributed by atoms with Crippen molar-refractivity contribution in [1.29, 1.82) is 0 Å². The Hall–Kier alpha value is -1.82. The van der Waals surface area contributed by atoms with E-state index in [1.165, 1.54) is 0 Å². The monoisotopic (exact) mass is 344 g/mol. The highest BCUT2D eigenvalue weighted by molar-refractivity contribution is 7.08. The number of ketones is 2. The Morgan fingerprint density at radius 1 is 0.875 bits per heavy atom. The molecule has 0 aliphatic heterocycles. The fraction of sp³-hybridized carbons (Fsp3) is 0.368. The molecule has 2 aromatic rings. The predicted octanol–water partition coefficient (Wildman–Crippen LogP) is 4.34. The average Bonchev–Trinajstić information content (AvgIpc) is 3.10. The van der Waals surface area contributed by atoms with E-state index in [9.17, 15) is 9.59 Å². The summed E-state index contributed by atoms with van der Waals surface area (Å²) >= 11 is 1.58. The fourth-order valence-corrected chi connectivity index (χ4v) is 3.57. The second kappa shape index (κ2) is 6.24. The van der Waals surface area contributed by atoms with Crippen molar-refractivity contribution in [2.75, 3.05) is 0 Å². The second-order valence-electron chi connectivity index (χ2n) is 6.38. The van der Waals surface area contributed by atoms with Crippen molar-refractivity contribution < 1.29 is 19.1 Å². The summed E-state index contributed by atoms with van der Waals surface area (Å²) in [5.74, 6) is -2.69. The van der Waals surface area contributed by atoms with Crippen LogP contribution in [0.1, 0.15) is 48.4 Å². The first-order valence-corrected chi connectivity index (χ1v) is 8.91. The van der Waals surface area contributed by atoms with Gasteiger partial charge in [-0.15, -0.1) is 0 Å². The van der Waals surface area contributed by atoms with E-state index in [1.807, 2.05) is 22.9 Å². The number of ether oxygens (including phenoxy) is 2. The van der Waals surface area contributed by atoms with Gasteiger partial charge in [-0.05, 0) is 67.8 Å². The van der Waals surface area contributed by atoms with Gasteiger partial charge in [0.25, 0.3) is 5.79 Å². The van der Waals surface area contributed by atoms with Gasteiger partial charge in [0.15, 0.2) is 0 Å². The Labute approximate surface area is 145 Å². The van der Waals surface area contributed by atoms with Crippen molar-refractivity contribution >= 4 is 22.9 Å². The molecule has 0 bridgehead atoms. The predicted molar refractivity (Wildman–Crippen MR) is 93.6 cm³/mol. The lowest BCUT2D eigenvalue weighted by atomic mass is 10.0. The number of thiophene rings is 1. The number of rotatable bonds is 5. The van der Waals surface area contributed by atoms with Crippen molar-refractivity contribution in [3.63, 3.8) is 0 Å². The summed E-state index contributed by atoms with van der Waals surface area (Å²) in [4.78, 5) is 26.0. The number of hydrogen-bond donors (Lipinski definition) is 0. The first-order chi connectivity index (χ1) is 11.3. The van der Waals surface area contributed by atoms with Crippen LogP contribution >= 0.6 is 11.3 Å². The van der Waals surface area contributed by atoms with Crippen LogP contribution in [0.15, 0.2) is 35.0 Å². The molecule has 1 heterocycles. The Balaban J connectivity index is 2.09. The van der Waals surface area contributed by atoms with Gasteiger partial charge in [0.1, 0.15) is 0 Å². The Morgan fingerprint density at radius 3 is 2.04 bits per heavy atom. The summed E-state index contributed by atoms with van der Waals surface area (Å²) in [6.45, 7) is 7.13. The van der Waals surface area contributed by atoms with E-state index in [1.54, 1.807) is 51.2 Å². The molecule has 0 unspecified atom stereocenters. The first kappa shape index (κ1) is 17.0. The molecule has 0 radical (unpaired) electrons. The highest BCUT2D eigenvalue weighted by Gasteiger charge is 2.57. The maximum absolute atomic E-state index is 13.1. The molecule has 0 saturated heterocycles. The minimum atomic E-state index is -1.86. The van der Waals surface area contributed by atoms with E-state index >= 15 is 0 Å². The van der Waals surface area contributed by atoms with E-state index in [-0.39, 0.29) is 12.2 Å². The second-order valence-corrected chi connectivity index (χ2v) is 7.16. The number of fused-ring (bicyclic) bond motifs is 1. The maximum Gasteiger partial charge on any atom is 0.300 e. The lowest BCUT2D eigenvalue weighted by molar-refractivity contribution is -0.201. The van der Waals surface area contributed by atoms with Gasteiger partial charge in [0, 0.05) is 11.1 Å². The van der Waals surface area contributed by atoms with Crippen molar-refractivity contribution in [1.82, 2.24) is 0 Å². The van der Waals surface area contributed by atoms with Crippen LogP contribution in [0.25, 0.3) is 11.1 Å². The minimum absolute atomic E-state index is 0.317. The number of benzene rings is 1. The third-order valence-electron chi connectivity index (χ3n) is 3.76. The van der Waals surface area contributed by atoms with Gasteiger partial charge >= 0.3 is 0 Å². The minimum Gasteiger partial charge on any atom is -0.334 e. The van der Waals surface area contributed by atoms with E-state index in [0.717, 1.165) is 11.1 Å². The lowest BCUT2D eigenvalue weighted by Crippen LogP contribution is -2.50. The number of hydrogen-bond acceptors (Lipinski definition) is 5. The van der Waals surface area contributed by atoms with Crippen LogP contribution in [-0.4, -0.2) is 29.6 Å². The molecule has 5 heteroatoms. The highest BCUT2D eigenvalue weighted by Crippen LogP contribution is 2.38. The molecule has 1 aliphatic rings. The Kier molecular flexibility index (Phi) is 4.42. The van der Waals surface area contributed by atoms with Crippen LogP contribution in [0.3, 0.4) is 0 Å². The van der Waals surface area contributed by atoms with Crippen LogP contribution in [0.4, 0.5) is 0 Å². The highest BCUT2D eigenvalue weighted by atomic mass is 32.1. The van der Waals surface area contributed by atoms with Crippen molar-refractivity contribution in [3.8, 4) is 11.1 Å². The SMILES string of the molecule is CC(C)OC1(OC(C)C)C(=O)c2ccc(-c3ccsc3)cc2C1=O. The van der Waals surface area contributed by atoms with Gasteiger partial charge < -0.3 is 9.47 Å². The zero-order valence-electron chi connectivity index (χ0n) is 14.2. The van der Waals surface area contributed by atoms with Crippen molar-refractivity contribution in [2.24, 2.45) is 0 Å². The van der Waals surface area contributed by atoms with Crippen LogP contribution in [-0.2, 0) is 9.47 Å². The first-order valence-electron chi connectivity index (χ1n) is 7.97. The summed E-state index contributed by atoms with van der Waals surface area (Å²) in [7, 11) is 0. The normalized spacial score (nSPS) is 16.2. The van der Waals surface area contributed by atoms with Gasteiger partial charge in [-0.3, -0.25) is 9.59 Å². The standard InChI is InChI=1S/C19H20O4S/c1-11(2)22-19(23-12(3)4)17(20)15-6-5-13(9-16(15)18(19)21)14-7-8-24-10-14/h5-12H,1-4H3. The Morgan fingerprint density at radius 2 is 1.50 bits per heavy atom. The van der Waals surface area contributed by atoms with Crippen molar-refractivity contribution in [3.05, 3.63) is 46.2 Å². The van der Waals surface area contributed by atoms with E-state index in [2.05, 4.69) is 0 Å². The molecule has 0 N–H and O–H groups in total. The zero-order valence-corrected chi connectivity index (χ0v) is 15.0. The lowest BCUT2D eigenvalue weighted by Gasteiger charge is -2.30. The quantitative estimate of drug-likeness (QED) is 0.598. The van der Waals surface area contributed by atoms with Gasteiger partial charge in [-0.25, -0.2) is 0 Å². The zero-order chi connectivity index (χ0) is 17.5. The van der Waals surface area contributed by atoms with Gasteiger partial charge in [-0.2, -0.15) is 11.3 Å². The molecule has 0 fully saturated rings. The summed E-state index contributed by atoms with van der Waals surface area (Å²) in [5, 5.41) is 3.98. The number of carbonyl (C=O) groups is 2. The number of carbonyl (C=O) groups excluding carboxylic acids is 2. The van der Waals surface area contributed by atoms with Crippen LogP contribution in [0.2, 0.25) is 0 Å². The molecule has 0 spiro atoms. The third kappa shape index (κ3) is 2.73. The summed E-state index contributed by atoms with van der Waals surface area (Å²) in [6, 6.07) is 7.29. The number of Topliss-reactive ketones (excluding diaryl/α,β-unsaturated/α-hetero) is 2. The molecule has 0 amide bonds. The fourth-order valence-electron chi connectivity index (χ4n) is 2.90. The van der Waals surface area contributed by atoms with E-state index in [4.69, 9.17) is 9.47 Å².